The molecule has 1 unspecified atom stereocenters. The van der Waals surface area contributed by atoms with Crippen molar-refractivity contribution in [1.82, 2.24) is 9.55 Å². The molecule has 1 heterocycles. The van der Waals surface area contributed by atoms with Crippen molar-refractivity contribution < 1.29 is 14.1 Å². The van der Waals surface area contributed by atoms with Gasteiger partial charge < -0.3 is 14.4 Å². The Morgan fingerprint density at radius 2 is 1.66 bits per heavy atom. The first kappa shape index (κ1) is 28.4. The van der Waals surface area contributed by atoms with Crippen LogP contribution in [0.2, 0.25) is 10.0 Å². The van der Waals surface area contributed by atoms with Gasteiger partial charge in [0, 0.05) is 29.0 Å². The smallest absolute Gasteiger partial charge is 0.335 e. The zero-order valence-corrected chi connectivity index (χ0v) is 24.3. The Morgan fingerprint density at radius 1 is 0.951 bits per heavy atom. The highest BCUT2D eigenvalue weighted by Crippen LogP contribution is 2.30. The van der Waals surface area contributed by atoms with E-state index < -0.39 is 17.0 Å². The number of nitrogens with one attached hydrogen (secondary N) is 1. The minimum Gasteiger partial charge on any atom is -0.478 e. The van der Waals surface area contributed by atoms with Gasteiger partial charge in [0.25, 0.3) is 0 Å². The molecular formula is C32H25Cl2N3O3S. The fourth-order valence-corrected chi connectivity index (χ4v) is 5.48. The Balaban J connectivity index is 1.38. The lowest BCUT2D eigenvalue weighted by Crippen LogP contribution is -2.04. The summed E-state index contributed by atoms with van der Waals surface area (Å²) < 4.78 is 17.7. The minimum absolute atomic E-state index is 0.230. The molecule has 1 atom stereocenters. The van der Waals surface area contributed by atoms with Gasteiger partial charge in [-0.2, -0.15) is 0 Å². The summed E-state index contributed by atoms with van der Waals surface area (Å²) in [7, 11) is -1.36. The van der Waals surface area contributed by atoms with Gasteiger partial charge >= 0.3 is 5.97 Å². The van der Waals surface area contributed by atoms with Crippen molar-refractivity contribution in [2.24, 2.45) is 0 Å². The Kier molecular flexibility index (Phi) is 8.69. The molecule has 0 bridgehead atoms. The fourth-order valence-electron chi connectivity index (χ4n) is 4.13. The normalized spacial score (nSPS) is 12.0. The van der Waals surface area contributed by atoms with Gasteiger partial charge in [-0.1, -0.05) is 71.2 Å². The molecule has 6 nitrogen and oxygen atoms in total. The summed E-state index contributed by atoms with van der Waals surface area (Å²) in [5, 5.41) is 10.3. The predicted molar refractivity (Wildman–Crippen MR) is 167 cm³/mol. The molecule has 41 heavy (non-hydrogen) atoms. The molecule has 0 fully saturated rings. The van der Waals surface area contributed by atoms with Crippen LogP contribution in [0.1, 0.15) is 32.9 Å². The number of halogens is 2. The molecule has 0 aliphatic carbocycles. The van der Waals surface area contributed by atoms with Crippen molar-refractivity contribution in [3.8, 4) is 11.3 Å². The van der Waals surface area contributed by atoms with E-state index in [-0.39, 0.29) is 5.56 Å². The van der Waals surface area contributed by atoms with E-state index in [9.17, 15) is 14.1 Å². The van der Waals surface area contributed by atoms with E-state index in [4.69, 9.17) is 28.2 Å². The van der Waals surface area contributed by atoms with Gasteiger partial charge in [0.1, 0.15) is 16.8 Å². The first-order valence-corrected chi connectivity index (χ1v) is 14.5. The van der Waals surface area contributed by atoms with Crippen LogP contribution in [0, 0.1) is 6.92 Å². The molecule has 0 saturated heterocycles. The summed E-state index contributed by atoms with van der Waals surface area (Å²) in [6.07, 6.45) is 5.76. The number of aryl methyl sites for hydroxylation is 1. The maximum atomic E-state index is 12.7. The van der Waals surface area contributed by atoms with Crippen LogP contribution in [0.3, 0.4) is 0 Å². The lowest BCUT2D eigenvalue weighted by atomic mass is 10.1. The van der Waals surface area contributed by atoms with Gasteiger partial charge in [0.05, 0.1) is 21.2 Å². The molecular weight excluding hydrogens is 577 g/mol. The predicted octanol–water partition coefficient (Wildman–Crippen LogP) is 8.22. The molecule has 0 aliphatic rings. The minimum atomic E-state index is -1.36. The summed E-state index contributed by atoms with van der Waals surface area (Å²) in [4.78, 5) is 16.8. The SMILES string of the molecule is Cc1ccc(S(=O)Nc2ccc(/C=C/c3nc(-c4ccc(Cl)cc4Cl)cn3Cc3ccc(C(=O)O)cc3)cc2)cc1. The molecule has 0 saturated carbocycles. The highest BCUT2D eigenvalue weighted by atomic mass is 35.5. The molecule has 0 radical (unpaired) electrons. The third-order valence-electron chi connectivity index (χ3n) is 6.35. The summed E-state index contributed by atoms with van der Waals surface area (Å²) in [5.41, 5.74) is 5.38. The topological polar surface area (TPSA) is 84.2 Å². The number of hydrogen-bond acceptors (Lipinski definition) is 3. The lowest BCUT2D eigenvalue weighted by molar-refractivity contribution is 0.0697. The van der Waals surface area contributed by atoms with Crippen LogP contribution in [0.5, 0.6) is 0 Å². The van der Waals surface area contributed by atoms with E-state index in [1.165, 1.54) is 0 Å². The third kappa shape index (κ3) is 7.13. The second-order valence-electron chi connectivity index (χ2n) is 9.38. The number of anilines is 1. The molecule has 5 rings (SSSR count). The van der Waals surface area contributed by atoms with Gasteiger partial charge in [0.2, 0.25) is 0 Å². The Morgan fingerprint density at radius 3 is 2.32 bits per heavy atom. The zero-order valence-electron chi connectivity index (χ0n) is 21.9. The Bertz CT molecular complexity index is 1750. The summed E-state index contributed by atoms with van der Waals surface area (Å²) >= 11 is 12.6. The van der Waals surface area contributed by atoms with E-state index in [0.29, 0.717) is 33.0 Å². The average molecular weight is 603 g/mol. The molecule has 5 aromatic rings. The molecule has 1 aromatic heterocycles. The van der Waals surface area contributed by atoms with Crippen molar-refractivity contribution >= 4 is 58.0 Å². The Labute approximate surface area is 250 Å². The van der Waals surface area contributed by atoms with Crippen LogP contribution in [-0.4, -0.2) is 24.8 Å². The van der Waals surface area contributed by atoms with Gasteiger partial charge in [-0.25, -0.2) is 14.0 Å². The number of hydrogen-bond donors (Lipinski definition) is 2. The van der Waals surface area contributed by atoms with Crippen molar-refractivity contribution in [2.45, 2.75) is 18.4 Å². The quantitative estimate of drug-likeness (QED) is 0.178. The number of carboxylic acids is 1. The van der Waals surface area contributed by atoms with Crippen LogP contribution in [-0.2, 0) is 17.5 Å². The van der Waals surface area contributed by atoms with E-state index >= 15 is 0 Å². The third-order valence-corrected chi connectivity index (χ3v) is 8.02. The Hall–Kier alpha value is -4.17. The van der Waals surface area contributed by atoms with E-state index in [1.54, 1.807) is 36.4 Å². The maximum absolute atomic E-state index is 12.7. The molecule has 206 valence electrons. The molecule has 2 N–H and O–H groups in total. The number of benzene rings is 4. The molecule has 0 aliphatic heterocycles. The van der Waals surface area contributed by atoms with E-state index in [2.05, 4.69) is 4.72 Å². The van der Waals surface area contributed by atoms with E-state index in [0.717, 1.165) is 27.9 Å². The molecule has 9 heteroatoms. The van der Waals surface area contributed by atoms with Crippen LogP contribution in [0.4, 0.5) is 5.69 Å². The maximum Gasteiger partial charge on any atom is 0.335 e. The van der Waals surface area contributed by atoms with Crippen molar-refractivity contribution in [3.63, 3.8) is 0 Å². The summed E-state index contributed by atoms with van der Waals surface area (Å²) in [5.74, 6) is -0.277. The monoisotopic (exact) mass is 601 g/mol. The van der Waals surface area contributed by atoms with Crippen LogP contribution in [0.15, 0.2) is 102 Å². The van der Waals surface area contributed by atoms with Crippen molar-refractivity contribution in [2.75, 3.05) is 4.72 Å². The van der Waals surface area contributed by atoms with Crippen LogP contribution >= 0.6 is 23.2 Å². The highest BCUT2D eigenvalue weighted by Gasteiger charge is 2.12. The number of carbonyl (C=O) groups is 1. The van der Waals surface area contributed by atoms with E-state index in [1.807, 2.05) is 84.4 Å². The van der Waals surface area contributed by atoms with Gasteiger partial charge in [-0.15, -0.1) is 0 Å². The lowest BCUT2D eigenvalue weighted by Gasteiger charge is -2.07. The van der Waals surface area contributed by atoms with Crippen LogP contribution < -0.4 is 4.72 Å². The number of nitrogens with zero attached hydrogens (tertiary/aromatic N) is 2. The van der Waals surface area contributed by atoms with Gasteiger partial charge in [0.15, 0.2) is 0 Å². The average Bonchev–Trinajstić information content (AvgIpc) is 3.35. The van der Waals surface area contributed by atoms with Gasteiger partial charge in [-0.05, 0) is 78.7 Å². The second-order valence-corrected chi connectivity index (χ2v) is 11.4. The number of imidazole rings is 1. The number of aromatic carboxylic acids is 1. The largest absolute Gasteiger partial charge is 0.478 e. The van der Waals surface area contributed by atoms with Crippen molar-refractivity contribution in [3.05, 3.63) is 135 Å². The highest BCUT2D eigenvalue weighted by molar-refractivity contribution is 7.86. The first-order valence-electron chi connectivity index (χ1n) is 12.6. The summed E-state index contributed by atoms with van der Waals surface area (Å²) in [6, 6.07) is 27.2. The van der Waals surface area contributed by atoms with Crippen molar-refractivity contribution in [1.29, 1.82) is 0 Å². The number of carboxylic acid groups (broad SMARTS) is 1. The molecule has 0 spiro atoms. The molecule has 0 amide bonds. The number of aromatic nitrogens is 2. The standard InChI is InChI=1S/C32H25Cl2N3O3S/c1-21-2-14-27(15-3-21)41(40)36-26-12-6-22(7-13-26)8-17-31-35-30(28-16-11-25(33)18-29(28)34)20-37(31)19-23-4-9-24(10-5-23)32(38)39/h2-18,20,36H,19H2,1H3,(H,38,39)/b17-8+. The number of rotatable bonds is 9. The fraction of sp³-hybridized carbons (Fsp3) is 0.0625. The zero-order chi connectivity index (χ0) is 28.9. The van der Waals surface area contributed by atoms with Gasteiger partial charge in [-0.3, -0.25) is 0 Å². The first-order chi connectivity index (χ1) is 19.7. The second kappa shape index (κ2) is 12.6. The summed E-state index contributed by atoms with van der Waals surface area (Å²) in [6.45, 7) is 2.47. The van der Waals surface area contributed by atoms with Crippen LogP contribution in [0.25, 0.3) is 23.4 Å². The molecule has 4 aromatic carbocycles.